The first-order valence-electron chi connectivity index (χ1n) is 6.70. The molecule has 5 heteroatoms. The zero-order chi connectivity index (χ0) is 13.3. The summed E-state index contributed by atoms with van der Waals surface area (Å²) in [5.74, 6) is 1.11. The van der Waals surface area contributed by atoms with Gasteiger partial charge < -0.3 is 10.2 Å². The molecule has 1 unspecified atom stereocenters. The van der Waals surface area contributed by atoms with Gasteiger partial charge in [0.15, 0.2) is 5.82 Å². The first-order chi connectivity index (χ1) is 8.58. The van der Waals surface area contributed by atoms with Crippen molar-refractivity contribution in [2.24, 2.45) is 7.05 Å². The van der Waals surface area contributed by atoms with Crippen molar-refractivity contribution in [1.82, 2.24) is 9.78 Å². The van der Waals surface area contributed by atoms with Crippen LogP contribution >= 0.6 is 0 Å². The van der Waals surface area contributed by atoms with Crippen molar-refractivity contribution in [3.05, 3.63) is 5.69 Å². The fraction of sp³-hybridized carbons (Fsp3) is 0.692. The molecule has 0 fully saturated rings. The first-order valence-corrected chi connectivity index (χ1v) is 6.70. The Morgan fingerprint density at radius 2 is 2.17 bits per heavy atom. The van der Waals surface area contributed by atoms with Gasteiger partial charge in [0.1, 0.15) is 5.69 Å². The van der Waals surface area contributed by atoms with Crippen LogP contribution in [0.15, 0.2) is 0 Å². The molecule has 1 aromatic rings. The van der Waals surface area contributed by atoms with E-state index in [2.05, 4.69) is 36.1 Å². The quantitative estimate of drug-likeness (QED) is 0.888. The SMILES string of the molecule is CCCc1nn(C)c2c1NC(=O)CN2C(C)CC. The highest BCUT2D eigenvalue weighted by Gasteiger charge is 2.30. The maximum Gasteiger partial charge on any atom is 0.244 e. The highest BCUT2D eigenvalue weighted by atomic mass is 16.2. The van der Waals surface area contributed by atoms with E-state index in [1.54, 1.807) is 0 Å². The van der Waals surface area contributed by atoms with Gasteiger partial charge in [0.2, 0.25) is 5.91 Å². The Morgan fingerprint density at radius 3 is 2.78 bits per heavy atom. The van der Waals surface area contributed by atoms with Crippen LogP contribution in [-0.4, -0.2) is 28.3 Å². The van der Waals surface area contributed by atoms with Gasteiger partial charge in [0, 0.05) is 13.1 Å². The fourth-order valence-electron chi connectivity index (χ4n) is 2.43. The monoisotopic (exact) mass is 250 g/mol. The van der Waals surface area contributed by atoms with Gasteiger partial charge >= 0.3 is 0 Å². The second kappa shape index (κ2) is 5.00. The van der Waals surface area contributed by atoms with Gasteiger partial charge in [-0.2, -0.15) is 5.10 Å². The largest absolute Gasteiger partial charge is 0.343 e. The second-order valence-corrected chi connectivity index (χ2v) is 4.95. The summed E-state index contributed by atoms with van der Waals surface area (Å²) in [5, 5.41) is 7.52. The van der Waals surface area contributed by atoms with Crippen LogP contribution < -0.4 is 10.2 Å². The number of carbonyl (C=O) groups is 1. The van der Waals surface area contributed by atoms with Crippen LogP contribution in [-0.2, 0) is 18.3 Å². The summed E-state index contributed by atoms with van der Waals surface area (Å²) in [4.78, 5) is 14.0. The van der Waals surface area contributed by atoms with Gasteiger partial charge in [-0.15, -0.1) is 0 Å². The number of rotatable bonds is 4. The van der Waals surface area contributed by atoms with Crippen LogP contribution in [0.5, 0.6) is 0 Å². The normalized spacial score (nSPS) is 16.4. The maximum atomic E-state index is 11.8. The molecule has 5 nitrogen and oxygen atoms in total. The van der Waals surface area contributed by atoms with Crippen molar-refractivity contribution in [3.8, 4) is 0 Å². The molecule has 100 valence electrons. The van der Waals surface area contributed by atoms with E-state index in [1.807, 2.05) is 11.7 Å². The van der Waals surface area contributed by atoms with Gasteiger partial charge in [0.25, 0.3) is 0 Å². The third-order valence-electron chi connectivity index (χ3n) is 3.55. The molecule has 0 bridgehead atoms. The molecule has 18 heavy (non-hydrogen) atoms. The molecule has 0 spiro atoms. The third kappa shape index (κ3) is 2.09. The minimum atomic E-state index is 0.0631. The lowest BCUT2D eigenvalue weighted by Gasteiger charge is -2.33. The van der Waals surface area contributed by atoms with Crippen LogP contribution in [0.1, 0.15) is 39.3 Å². The van der Waals surface area contributed by atoms with Gasteiger partial charge in [-0.3, -0.25) is 9.48 Å². The van der Waals surface area contributed by atoms with E-state index in [0.717, 1.165) is 36.5 Å². The summed E-state index contributed by atoms with van der Waals surface area (Å²) in [6.07, 6.45) is 2.95. The molecule has 0 saturated heterocycles. The molecule has 1 aliphatic heterocycles. The summed E-state index contributed by atoms with van der Waals surface area (Å²) >= 11 is 0. The van der Waals surface area contributed by atoms with E-state index >= 15 is 0 Å². The molecule has 1 atom stereocenters. The molecule has 0 saturated carbocycles. The lowest BCUT2D eigenvalue weighted by Crippen LogP contribution is -2.44. The Morgan fingerprint density at radius 1 is 1.44 bits per heavy atom. The topological polar surface area (TPSA) is 50.2 Å². The lowest BCUT2D eigenvalue weighted by molar-refractivity contribution is -0.115. The van der Waals surface area contributed by atoms with Gasteiger partial charge in [0.05, 0.1) is 12.2 Å². The molecule has 0 radical (unpaired) electrons. The number of nitrogens with zero attached hydrogens (tertiary/aromatic N) is 3. The van der Waals surface area contributed by atoms with Crippen LogP contribution in [0.25, 0.3) is 0 Å². The number of aryl methyl sites for hydroxylation is 2. The maximum absolute atomic E-state index is 11.8. The zero-order valence-electron chi connectivity index (χ0n) is 11.7. The van der Waals surface area contributed by atoms with Crippen molar-refractivity contribution in [2.75, 3.05) is 16.8 Å². The molecule has 1 aromatic heterocycles. The highest BCUT2D eigenvalue weighted by molar-refractivity contribution is 6.01. The molecule has 0 aliphatic carbocycles. The highest BCUT2D eigenvalue weighted by Crippen LogP contribution is 2.34. The number of aromatic nitrogens is 2. The van der Waals surface area contributed by atoms with Crippen molar-refractivity contribution in [2.45, 2.75) is 46.1 Å². The Bertz CT molecular complexity index is 452. The van der Waals surface area contributed by atoms with Gasteiger partial charge in [-0.25, -0.2) is 0 Å². The van der Waals surface area contributed by atoms with Crippen molar-refractivity contribution in [1.29, 1.82) is 0 Å². The minimum Gasteiger partial charge on any atom is -0.343 e. The molecule has 1 N–H and O–H groups in total. The summed E-state index contributed by atoms with van der Waals surface area (Å²) in [7, 11) is 1.95. The minimum absolute atomic E-state index is 0.0631. The Hall–Kier alpha value is -1.52. The number of carbonyl (C=O) groups excluding carboxylic acids is 1. The molecule has 1 aliphatic rings. The predicted molar refractivity (Wildman–Crippen MR) is 72.9 cm³/mol. The predicted octanol–water partition coefficient (Wildman–Crippen LogP) is 1.93. The average Bonchev–Trinajstić information content (AvgIpc) is 2.65. The molecule has 2 rings (SSSR count). The Kier molecular flexibility index (Phi) is 3.59. The van der Waals surface area contributed by atoms with Crippen molar-refractivity contribution >= 4 is 17.4 Å². The summed E-state index contributed by atoms with van der Waals surface area (Å²) < 4.78 is 1.89. The van der Waals surface area contributed by atoms with Crippen LogP contribution in [0.3, 0.4) is 0 Å². The molecule has 1 amide bonds. The Balaban J connectivity index is 2.45. The van der Waals surface area contributed by atoms with Crippen molar-refractivity contribution < 1.29 is 4.79 Å². The van der Waals surface area contributed by atoms with E-state index in [-0.39, 0.29) is 5.91 Å². The number of nitrogens with one attached hydrogen (secondary N) is 1. The van der Waals surface area contributed by atoms with E-state index in [0.29, 0.717) is 12.6 Å². The average molecular weight is 250 g/mol. The van der Waals surface area contributed by atoms with Crippen LogP contribution in [0.2, 0.25) is 0 Å². The molecule has 2 heterocycles. The van der Waals surface area contributed by atoms with Crippen molar-refractivity contribution in [3.63, 3.8) is 0 Å². The standard InChI is InChI=1S/C13H22N4O/c1-5-7-10-12-13(16(4)15-10)17(9(3)6-2)8-11(18)14-12/h9H,5-8H2,1-4H3,(H,14,18). The van der Waals surface area contributed by atoms with Gasteiger partial charge in [-0.05, 0) is 19.8 Å². The smallest absolute Gasteiger partial charge is 0.244 e. The lowest BCUT2D eigenvalue weighted by atomic mass is 10.1. The van der Waals surface area contributed by atoms with E-state index in [1.165, 1.54) is 0 Å². The zero-order valence-corrected chi connectivity index (χ0v) is 11.7. The number of hydrogen-bond donors (Lipinski definition) is 1. The summed E-state index contributed by atoms with van der Waals surface area (Å²) in [6.45, 7) is 6.83. The number of anilines is 2. The number of amides is 1. The number of hydrogen-bond acceptors (Lipinski definition) is 3. The van der Waals surface area contributed by atoms with Gasteiger partial charge in [-0.1, -0.05) is 20.3 Å². The second-order valence-electron chi connectivity index (χ2n) is 4.95. The summed E-state index contributed by atoms with van der Waals surface area (Å²) in [5.41, 5.74) is 1.91. The molecular formula is C13H22N4O. The Labute approximate surface area is 108 Å². The summed E-state index contributed by atoms with van der Waals surface area (Å²) in [6, 6.07) is 0.347. The third-order valence-corrected chi connectivity index (χ3v) is 3.55. The van der Waals surface area contributed by atoms with Crippen LogP contribution in [0, 0.1) is 0 Å². The van der Waals surface area contributed by atoms with E-state index in [9.17, 15) is 4.79 Å². The van der Waals surface area contributed by atoms with E-state index in [4.69, 9.17) is 0 Å². The van der Waals surface area contributed by atoms with Crippen LogP contribution in [0.4, 0.5) is 11.5 Å². The molecular weight excluding hydrogens is 228 g/mol. The fourth-order valence-corrected chi connectivity index (χ4v) is 2.43. The van der Waals surface area contributed by atoms with E-state index < -0.39 is 0 Å². The first kappa shape index (κ1) is 12.9. The number of fused-ring (bicyclic) bond motifs is 1. The molecule has 0 aromatic carbocycles.